The van der Waals surface area contributed by atoms with Gasteiger partial charge in [0.25, 0.3) is 5.56 Å². The monoisotopic (exact) mass is 327 g/mol. The van der Waals surface area contributed by atoms with Gasteiger partial charge in [0, 0.05) is 30.6 Å². The Hall–Kier alpha value is -2.88. The molecule has 2 rings (SSSR count). The maximum absolute atomic E-state index is 12.1. The SMILES string of the molecule is Cc1[nH]c(=O)c(C#N)c(C)c1CCC(=O)N[C@H](C)Cn1cccn1. The van der Waals surface area contributed by atoms with Gasteiger partial charge in [-0.25, -0.2) is 0 Å². The molecule has 0 bridgehead atoms. The highest BCUT2D eigenvalue weighted by atomic mass is 16.1. The maximum atomic E-state index is 12.1. The van der Waals surface area contributed by atoms with Crippen LogP contribution in [0.15, 0.2) is 23.3 Å². The molecule has 126 valence electrons. The van der Waals surface area contributed by atoms with Crippen molar-refractivity contribution >= 4 is 5.91 Å². The van der Waals surface area contributed by atoms with Crippen LogP contribution < -0.4 is 10.9 Å². The lowest BCUT2D eigenvalue weighted by Gasteiger charge is -2.15. The summed E-state index contributed by atoms with van der Waals surface area (Å²) in [6.07, 6.45) is 4.31. The van der Waals surface area contributed by atoms with E-state index in [9.17, 15) is 9.59 Å². The molecule has 1 atom stereocenters. The highest BCUT2D eigenvalue weighted by molar-refractivity contribution is 5.76. The molecule has 0 aliphatic heterocycles. The molecule has 0 spiro atoms. The van der Waals surface area contributed by atoms with Gasteiger partial charge in [0.05, 0.1) is 6.54 Å². The Balaban J connectivity index is 1.97. The topological polar surface area (TPSA) is 104 Å². The number of rotatable bonds is 6. The molecule has 2 aromatic rings. The summed E-state index contributed by atoms with van der Waals surface area (Å²) in [7, 11) is 0. The molecule has 7 nitrogen and oxygen atoms in total. The Morgan fingerprint density at radius 2 is 2.25 bits per heavy atom. The van der Waals surface area contributed by atoms with Crippen LogP contribution in [-0.2, 0) is 17.8 Å². The molecule has 0 saturated heterocycles. The summed E-state index contributed by atoms with van der Waals surface area (Å²) >= 11 is 0. The van der Waals surface area contributed by atoms with Crippen LogP contribution in [0.4, 0.5) is 0 Å². The fourth-order valence-corrected chi connectivity index (χ4v) is 2.74. The van der Waals surface area contributed by atoms with E-state index >= 15 is 0 Å². The number of hydrogen-bond donors (Lipinski definition) is 2. The van der Waals surface area contributed by atoms with E-state index in [1.165, 1.54) is 0 Å². The van der Waals surface area contributed by atoms with Gasteiger partial charge in [0.1, 0.15) is 11.6 Å². The Labute approximate surface area is 140 Å². The molecule has 0 aliphatic rings. The fourth-order valence-electron chi connectivity index (χ4n) is 2.74. The van der Waals surface area contributed by atoms with Gasteiger partial charge in [0.2, 0.25) is 5.91 Å². The van der Waals surface area contributed by atoms with Crippen molar-refractivity contribution in [3.05, 3.63) is 51.2 Å². The van der Waals surface area contributed by atoms with E-state index in [0.29, 0.717) is 30.6 Å². The first-order chi connectivity index (χ1) is 11.4. The van der Waals surface area contributed by atoms with Gasteiger partial charge in [-0.3, -0.25) is 14.3 Å². The van der Waals surface area contributed by atoms with Crippen LogP contribution in [0, 0.1) is 25.2 Å². The van der Waals surface area contributed by atoms with E-state index in [-0.39, 0.29) is 23.1 Å². The number of amides is 1. The molecule has 2 aromatic heterocycles. The van der Waals surface area contributed by atoms with Crippen molar-refractivity contribution in [3.63, 3.8) is 0 Å². The van der Waals surface area contributed by atoms with Crippen LogP contribution in [0.25, 0.3) is 0 Å². The van der Waals surface area contributed by atoms with E-state index in [2.05, 4.69) is 15.4 Å². The molecule has 0 aliphatic carbocycles. The summed E-state index contributed by atoms with van der Waals surface area (Å²) in [6, 6.07) is 3.72. The molecule has 0 aromatic carbocycles. The summed E-state index contributed by atoms with van der Waals surface area (Å²) in [4.78, 5) is 26.5. The molecule has 0 radical (unpaired) electrons. The number of pyridine rings is 1. The van der Waals surface area contributed by atoms with Crippen LogP contribution in [-0.4, -0.2) is 26.7 Å². The zero-order chi connectivity index (χ0) is 17.7. The standard InChI is InChI=1S/C17H21N5O2/c1-11(10-22-8-4-7-19-22)20-16(23)6-5-14-12(2)15(9-18)17(24)21-13(14)3/h4,7-8,11H,5-6,10H2,1-3H3,(H,20,23)(H,21,24)/t11-/m1/s1. The lowest BCUT2D eigenvalue weighted by Crippen LogP contribution is -2.36. The van der Waals surface area contributed by atoms with Crippen LogP contribution in [0.3, 0.4) is 0 Å². The molecule has 7 heteroatoms. The molecule has 24 heavy (non-hydrogen) atoms. The van der Waals surface area contributed by atoms with Crippen molar-refractivity contribution in [2.75, 3.05) is 0 Å². The highest BCUT2D eigenvalue weighted by Gasteiger charge is 2.14. The first-order valence-electron chi connectivity index (χ1n) is 7.81. The predicted molar refractivity (Wildman–Crippen MR) is 89.4 cm³/mol. The third-order valence-electron chi connectivity index (χ3n) is 3.95. The van der Waals surface area contributed by atoms with Crippen molar-refractivity contribution in [2.24, 2.45) is 0 Å². The number of nitrogens with zero attached hydrogens (tertiary/aromatic N) is 3. The minimum atomic E-state index is -0.381. The molecular weight excluding hydrogens is 306 g/mol. The zero-order valence-electron chi connectivity index (χ0n) is 14.1. The third-order valence-corrected chi connectivity index (χ3v) is 3.95. The second kappa shape index (κ2) is 7.59. The van der Waals surface area contributed by atoms with Gasteiger partial charge in [-0.05, 0) is 44.4 Å². The van der Waals surface area contributed by atoms with Crippen LogP contribution in [0.5, 0.6) is 0 Å². The number of aromatic amines is 1. The Morgan fingerprint density at radius 3 is 2.88 bits per heavy atom. The lowest BCUT2D eigenvalue weighted by molar-refractivity contribution is -0.121. The number of carbonyl (C=O) groups excluding carboxylic acids is 1. The van der Waals surface area contributed by atoms with Crippen molar-refractivity contribution in [1.29, 1.82) is 5.26 Å². The van der Waals surface area contributed by atoms with E-state index in [0.717, 1.165) is 5.56 Å². The van der Waals surface area contributed by atoms with E-state index in [1.54, 1.807) is 24.7 Å². The van der Waals surface area contributed by atoms with Gasteiger partial charge in [-0.1, -0.05) is 0 Å². The van der Waals surface area contributed by atoms with Gasteiger partial charge >= 0.3 is 0 Å². The quantitative estimate of drug-likeness (QED) is 0.832. The smallest absolute Gasteiger partial charge is 0.266 e. The number of nitriles is 1. The van der Waals surface area contributed by atoms with Gasteiger partial charge in [-0.15, -0.1) is 0 Å². The number of hydrogen-bond acceptors (Lipinski definition) is 4. The number of carbonyl (C=O) groups is 1. The maximum Gasteiger partial charge on any atom is 0.266 e. The molecule has 1 amide bonds. The minimum absolute atomic E-state index is 0.0372. The average Bonchev–Trinajstić information content (AvgIpc) is 2.99. The summed E-state index contributed by atoms with van der Waals surface area (Å²) in [5.74, 6) is -0.0711. The number of H-pyrrole nitrogens is 1. The highest BCUT2D eigenvalue weighted by Crippen LogP contribution is 2.14. The lowest BCUT2D eigenvalue weighted by atomic mass is 9.99. The van der Waals surface area contributed by atoms with E-state index in [4.69, 9.17) is 5.26 Å². The largest absolute Gasteiger partial charge is 0.352 e. The van der Waals surface area contributed by atoms with Gasteiger partial charge in [0.15, 0.2) is 0 Å². The summed E-state index contributed by atoms with van der Waals surface area (Å²) < 4.78 is 1.76. The molecular formula is C17H21N5O2. The molecule has 2 N–H and O–H groups in total. The predicted octanol–water partition coefficient (Wildman–Crippen LogP) is 1.20. The third kappa shape index (κ3) is 4.10. The number of aromatic nitrogens is 3. The molecule has 2 heterocycles. The summed E-state index contributed by atoms with van der Waals surface area (Å²) in [6.45, 7) is 6.05. The normalized spacial score (nSPS) is 11.8. The Bertz CT molecular complexity index is 815. The number of nitrogens with one attached hydrogen (secondary N) is 2. The zero-order valence-corrected chi connectivity index (χ0v) is 14.1. The van der Waals surface area contributed by atoms with Crippen LogP contribution in [0.1, 0.15) is 35.7 Å². The second-order valence-electron chi connectivity index (χ2n) is 5.87. The first-order valence-corrected chi connectivity index (χ1v) is 7.81. The van der Waals surface area contributed by atoms with Crippen LogP contribution in [0.2, 0.25) is 0 Å². The van der Waals surface area contributed by atoms with Gasteiger partial charge < -0.3 is 10.3 Å². The first kappa shape index (κ1) is 17.5. The Morgan fingerprint density at radius 1 is 1.50 bits per heavy atom. The van der Waals surface area contributed by atoms with Crippen molar-refractivity contribution in [1.82, 2.24) is 20.1 Å². The fraction of sp³-hybridized carbons (Fsp3) is 0.412. The summed E-state index contributed by atoms with van der Waals surface area (Å²) in [5, 5.41) is 16.1. The van der Waals surface area contributed by atoms with Gasteiger partial charge in [-0.2, -0.15) is 10.4 Å². The summed E-state index contributed by atoms with van der Waals surface area (Å²) in [5.41, 5.74) is 1.93. The van der Waals surface area contributed by atoms with Crippen molar-refractivity contribution in [2.45, 2.75) is 46.2 Å². The van der Waals surface area contributed by atoms with Crippen LogP contribution >= 0.6 is 0 Å². The molecule has 0 saturated carbocycles. The van der Waals surface area contributed by atoms with Crippen molar-refractivity contribution < 1.29 is 4.79 Å². The molecule has 0 unspecified atom stereocenters. The van der Waals surface area contributed by atoms with E-state index < -0.39 is 0 Å². The van der Waals surface area contributed by atoms with Crippen molar-refractivity contribution in [3.8, 4) is 6.07 Å². The minimum Gasteiger partial charge on any atom is -0.352 e. The van der Waals surface area contributed by atoms with E-state index in [1.807, 2.05) is 25.3 Å². The number of aryl methyl sites for hydroxylation is 1. The molecule has 0 fully saturated rings. The average molecular weight is 327 g/mol. The Kier molecular flexibility index (Phi) is 5.53. The second-order valence-corrected chi connectivity index (χ2v) is 5.87.